The highest BCUT2D eigenvalue weighted by atomic mass is 32.2. The Balaban J connectivity index is 2.72. The summed E-state index contributed by atoms with van der Waals surface area (Å²) in [5, 5.41) is 8.11. The Morgan fingerprint density at radius 1 is 1.35 bits per heavy atom. The van der Waals surface area contributed by atoms with Crippen LogP contribution in [0.5, 0.6) is 0 Å². The van der Waals surface area contributed by atoms with Gasteiger partial charge in [-0.25, -0.2) is 13.6 Å². The number of benzene rings is 1. The van der Waals surface area contributed by atoms with E-state index in [1.165, 1.54) is 12.1 Å². The van der Waals surface area contributed by atoms with E-state index in [9.17, 15) is 12.6 Å². The second kappa shape index (κ2) is 5.61. The Morgan fingerprint density at radius 3 is 2.29 bits per heavy atom. The molecular formula is C10H16N2O3S2. The van der Waals surface area contributed by atoms with Crippen LogP contribution < -0.4 is 10.5 Å². The summed E-state index contributed by atoms with van der Waals surface area (Å²) in [5.41, 5.74) is 0.773. The summed E-state index contributed by atoms with van der Waals surface area (Å²) >= 11 is 0. The molecule has 0 aliphatic carbocycles. The summed E-state index contributed by atoms with van der Waals surface area (Å²) < 4.78 is 33.1. The fraction of sp³-hybridized carbons (Fsp3) is 0.400. The van der Waals surface area contributed by atoms with Crippen molar-refractivity contribution in [3.8, 4) is 0 Å². The van der Waals surface area contributed by atoms with E-state index in [-0.39, 0.29) is 10.9 Å². The second-order valence-electron chi connectivity index (χ2n) is 3.85. The van der Waals surface area contributed by atoms with Crippen molar-refractivity contribution in [2.75, 3.05) is 17.3 Å². The number of nitrogens with two attached hydrogens (primary N) is 1. The van der Waals surface area contributed by atoms with Crippen molar-refractivity contribution >= 4 is 26.5 Å². The molecule has 1 aromatic rings. The van der Waals surface area contributed by atoms with Gasteiger partial charge in [-0.2, -0.15) is 0 Å². The van der Waals surface area contributed by atoms with Crippen LogP contribution in [0.2, 0.25) is 0 Å². The zero-order chi connectivity index (χ0) is 13.1. The van der Waals surface area contributed by atoms with Gasteiger partial charge >= 0.3 is 0 Å². The Labute approximate surface area is 104 Å². The molecule has 17 heavy (non-hydrogen) atoms. The van der Waals surface area contributed by atoms with Gasteiger partial charge in [-0.05, 0) is 31.2 Å². The summed E-state index contributed by atoms with van der Waals surface area (Å²) in [4.78, 5) is 0.0785. The van der Waals surface area contributed by atoms with E-state index >= 15 is 0 Å². The number of anilines is 1. The third-order valence-electron chi connectivity index (χ3n) is 2.08. The van der Waals surface area contributed by atoms with Gasteiger partial charge < -0.3 is 5.32 Å². The highest BCUT2D eigenvalue weighted by molar-refractivity contribution is 7.89. The van der Waals surface area contributed by atoms with Crippen molar-refractivity contribution in [1.82, 2.24) is 0 Å². The van der Waals surface area contributed by atoms with Crippen LogP contribution in [0.4, 0.5) is 5.69 Å². The van der Waals surface area contributed by atoms with Gasteiger partial charge in [0.25, 0.3) is 0 Å². The summed E-state index contributed by atoms with van der Waals surface area (Å²) in [6.07, 6.45) is 1.64. The molecule has 1 aromatic carbocycles. The summed E-state index contributed by atoms with van der Waals surface area (Å²) in [6, 6.07) is 6.20. The van der Waals surface area contributed by atoms with E-state index in [0.717, 1.165) is 5.69 Å². The molecule has 0 heterocycles. The molecule has 96 valence electrons. The van der Waals surface area contributed by atoms with Gasteiger partial charge in [-0.3, -0.25) is 4.21 Å². The first-order chi connectivity index (χ1) is 7.79. The van der Waals surface area contributed by atoms with Crippen molar-refractivity contribution < 1.29 is 12.6 Å². The molecule has 0 aromatic heterocycles. The lowest BCUT2D eigenvalue weighted by atomic mass is 10.3. The van der Waals surface area contributed by atoms with Gasteiger partial charge in [0.2, 0.25) is 10.0 Å². The smallest absolute Gasteiger partial charge is 0.238 e. The number of hydrogen-bond acceptors (Lipinski definition) is 4. The molecule has 0 saturated heterocycles. The largest absolute Gasteiger partial charge is 0.382 e. The van der Waals surface area contributed by atoms with Crippen LogP contribution in [-0.2, 0) is 20.8 Å². The van der Waals surface area contributed by atoms with Crippen LogP contribution >= 0.6 is 0 Å². The van der Waals surface area contributed by atoms with Crippen LogP contribution in [0.3, 0.4) is 0 Å². The topological polar surface area (TPSA) is 89.3 Å². The standard InChI is InChI=1S/C10H16N2O3S2/c1-8(7-16(2)13)12-9-3-5-10(6-4-9)17(11,14)15/h3-6,8,12H,7H2,1-2H3,(H2,11,14,15). The predicted octanol–water partition coefficient (Wildman–Crippen LogP) is 0.513. The quantitative estimate of drug-likeness (QED) is 0.820. The summed E-state index contributed by atoms with van der Waals surface area (Å²) in [6.45, 7) is 1.91. The fourth-order valence-electron chi connectivity index (χ4n) is 1.42. The van der Waals surface area contributed by atoms with Crippen LogP contribution in [0, 0.1) is 0 Å². The molecule has 0 saturated carbocycles. The molecule has 3 N–H and O–H groups in total. The first kappa shape index (κ1) is 14.1. The highest BCUT2D eigenvalue weighted by Crippen LogP contribution is 2.13. The molecule has 0 bridgehead atoms. The Morgan fingerprint density at radius 2 is 1.88 bits per heavy atom. The van der Waals surface area contributed by atoms with Gasteiger partial charge in [-0.1, -0.05) is 0 Å². The number of sulfonamides is 1. The monoisotopic (exact) mass is 276 g/mol. The van der Waals surface area contributed by atoms with E-state index in [1.54, 1.807) is 18.4 Å². The Hall–Kier alpha value is -0.920. The minimum absolute atomic E-state index is 0.0566. The maximum Gasteiger partial charge on any atom is 0.238 e. The van der Waals surface area contributed by atoms with Crippen molar-refractivity contribution in [2.45, 2.75) is 17.9 Å². The van der Waals surface area contributed by atoms with E-state index in [0.29, 0.717) is 5.75 Å². The second-order valence-corrected chi connectivity index (χ2v) is 6.90. The molecule has 1 rings (SSSR count). The number of nitrogens with one attached hydrogen (secondary N) is 1. The molecule has 0 aliphatic heterocycles. The maximum absolute atomic E-state index is 11.0. The Kier molecular flexibility index (Phi) is 4.67. The molecule has 0 aliphatic rings. The van der Waals surface area contributed by atoms with Crippen LogP contribution in [0.15, 0.2) is 29.2 Å². The first-order valence-electron chi connectivity index (χ1n) is 4.98. The van der Waals surface area contributed by atoms with E-state index in [4.69, 9.17) is 5.14 Å². The Bertz CT molecular complexity index is 497. The van der Waals surface area contributed by atoms with Crippen molar-refractivity contribution in [3.63, 3.8) is 0 Å². The maximum atomic E-state index is 11.0. The van der Waals surface area contributed by atoms with Crippen molar-refractivity contribution in [2.24, 2.45) is 5.14 Å². The molecule has 5 nitrogen and oxygen atoms in total. The van der Waals surface area contributed by atoms with Gasteiger partial charge in [-0.15, -0.1) is 0 Å². The molecule has 7 heteroatoms. The van der Waals surface area contributed by atoms with Gasteiger partial charge in [0.1, 0.15) is 0 Å². The minimum atomic E-state index is -3.64. The first-order valence-corrected chi connectivity index (χ1v) is 8.26. The van der Waals surface area contributed by atoms with E-state index in [1.807, 2.05) is 6.92 Å². The molecule has 0 radical (unpaired) electrons. The lowest BCUT2D eigenvalue weighted by Gasteiger charge is -2.13. The lowest BCUT2D eigenvalue weighted by Crippen LogP contribution is -2.22. The third-order valence-corrected chi connectivity index (χ3v) is 3.98. The number of rotatable bonds is 5. The third kappa shape index (κ3) is 4.84. The molecular weight excluding hydrogens is 260 g/mol. The average Bonchev–Trinajstić information content (AvgIpc) is 2.15. The normalized spacial score (nSPS) is 15.2. The lowest BCUT2D eigenvalue weighted by molar-refractivity contribution is 0.598. The number of hydrogen-bond donors (Lipinski definition) is 2. The SMILES string of the molecule is CC(CS(C)=O)Nc1ccc(S(N)(=O)=O)cc1. The molecule has 2 unspecified atom stereocenters. The summed E-state index contributed by atoms with van der Waals surface area (Å²) in [7, 11) is -4.51. The van der Waals surface area contributed by atoms with Gasteiger partial charge in [0.05, 0.1) is 4.90 Å². The predicted molar refractivity (Wildman–Crippen MR) is 69.8 cm³/mol. The molecule has 0 spiro atoms. The minimum Gasteiger partial charge on any atom is -0.382 e. The van der Waals surface area contributed by atoms with Crippen molar-refractivity contribution in [3.05, 3.63) is 24.3 Å². The fourth-order valence-corrected chi connectivity index (χ4v) is 2.72. The van der Waals surface area contributed by atoms with Gasteiger partial charge in [0, 0.05) is 34.5 Å². The van der Waals surface area contributed by atoms with Gasteiger partial charge in [0.15, 0.2) is 0 Å². The van der Waals surface area contributed by atoms with Crippen LogP contribution in [0.25, 0.3) is 0 Å². The number of primary sulfonamides is 1. The van der Waals surface area contributed by atoms with Crippen LogP contribution in [0.1, 0.15) is 6.92 Å². The molecule has 2 atom stereocenters. The van der Waals surface area contributed by atoms with Crippen molar-refractivity contribution in [1.29, 1.82) is 0 Å². The highest BCUT2D eigenvalue weighted by Gasteiger charge is 2.08. The zero-order valence-corrected chi connectivity index (χ0v) is 11.3. The molecule has 0 fully saturated rings. The van der Waals surface area contributed by atoms with E-state index in [2.05, 4.69) is 5.32 Å². The average molecular weight is 276 g/mol. The summed E-state index contributed by atoms with van der Waals surface area (Å²) in [5.74, 6) is 0.539. The molecule has 0 amide bonds. The van der Waals surface area contributed by atoms with E-state index < -0.39 is 20.8 Å². The van der Waals surface area contributed by atoms with Crippen LogP contribution in [-0.4, -0.2) is 30.7 Å². The zero-order valence-electron chi connectivity index (χ0n) is 9.71.